The fraction of sp³-hybridized carbons (Fsp3) is 0.318. The Kier molecular flexibility index (Phi) is 4.65. The number of nitrogens with zero attached hydrogens (tertiary/aromatic N) is 1. The molecule has 134 valence electrons. The van der Waals surface area contributed by atoms with Crippen LogP contribution in [-0.4, -0.2) is 24.0 Å². The minimum absolute atomic E-state index is 0.0172. The Morgan fingerprint density at radius 1 is 1.04 bits per heavy atom. The number of anilines is 2. The number of nitrogens with one attached hydrogen (secondary N) is 2. The average Bonchev–Trinajstić information content (AvgIpc) is 2.98. The molecule has 4 rings (SSSR count). The zero-order valence-electron chi connectivity index (χ0n) is 15.2. The fourth-order valence-electron chi connectivity index (χ4n) is 3.84. The molecule has 0 saturated carbocycles. The molecule has 0 unspecified atom stereocenters. The van der Waals surface area contributed by atoms with Crippen molar-refractivity contribution in [2.75, 3.05) is 23.3 Å². The number of carbonyl (C=O) groups is 1. The van der Waals surface area contributed by atoms with Gasteiger partial charge in [0.1, 0.15) is 0 Å². The monoisotopic (exact) mass is 347 g/mol. The van der Waals surface area contributed by atoms with Crippen molar-refractivity contribution < 1.29 is 4.79 Å². The molecule has 1 saturated heterocycles. The largest absolute Gasteiger partial charge is 0.372 e. The lowest BCUT2D eigenvalue weighted by Crippen LogP contribution is -2.29. The van der Waals surface area contributed by atoms with Crippen LogP contribution in [0.1, 0.15) is 30.5 Å². The number of H-pyrrole nitrogens is 1. The SMILES string of the molecule is Cc1[nH]c2ccccc2c1CC(=O)Nc1ccc(N2CCCCC2)cc1. The molecule has 0 aliphatic carbocycles. The van der Waals surface area contributed by atoms with Gasteiger partial charge in [-0.25, -0.2) is 0 Å². The number of hydrogen-bond donors (Lipinski definition) is 2. The first-order chi connectivity index (χ1) is 12.7. The molecule has 3 aromatic rings. The smallest absolute Gasteiger partial charge is 0.228 e. The molecule has 0 spiro atoms. The van der Waals surface area contributed by atoms with Crippen molar-refractivity contribution in [2.45, 2.75) is 32.6 Å². The van der Waals surface area contributed by atoms with Crippen LogP contribution in [0.15, 0.2) is 48.5 Å². The minimum Gasteiger partial charge on any atom is -0.372 e. The van der Waals surface area contributed by atoms with Gasteiger partial charge in [-0.15, -0.1) is 0 Å². The molecule has 0 radical (unpaired) electrons. The number of para-hydroxylation sites is 1. The molecule has 1 aliphatic rings. The first kappa shape index (κ1) is 16.7. The van der Waals surface area contributed by atoms with Gasteiger partial charge in [-0.3, -0.25) is 4.79 Å². The summed E-state index contributed by atoms with van der Waals surface area (Å²) < 4.78 is 0. The van der Waals surface area contributed by atoms with E-state index < -0.39 is 0 Å². The van der Waals surface area contributed by atoms with Crippen LogP contribution in [-0.2, 0) is 11.2 Å². The molecule has 4 heteroatoms. The Morgan fingerprint density at radius 3 is 2.54 bits per heavy atom. The number of aryl methyl sites for hydroxylation is 1. The van der Waals surface area contributed by atoms with Crippen LogP contribution in [0.25, 0.3) is 10.9 Å². The standard InChI is InChI=1S/C22H25N3O/c1-16-20(19-7-3-4-8-21(19)23-16)15-22(26)24-17-9-11-18(12-10-17)25-13-5-2-6-14-25/h3-4,7-12,23H,2,5-6,13-15H2,1H3,(H,24,26). The predicted octanol–water partition coefficient (Wildman–Crippen LogP) is 4.65. The van der Waals surface area contributed by atoms with E-state index in [-0.39, 0.29) is 5.91 Å². The molecule has 1 amide bonds. The molecule has 1 fully saturated rings. The zero-order valence-corrected chi connectivity index (χ0v) is 15.2. The third-order valence-electron chi connectivity index (χ3n) is 5.24. The maximum atomic E-state index is 12.5. The first-order valence-electron chi connectivity index (χ1n) is 9.42. The topological polar surface area (TPSA) is 48.1 Å². The highest BCUT2D eigenvalue weighted by Crippen LogP contribution is 2.24. The van der Waals surface area contributed by atoms with Crippen LogP contribution in [0.3, 0.4) is 0 Å². The zero-order chi connectivity index (χ0) is 17.9. The van der Waals surface area contributed by atoms with Crippen molar-refractivity contribution in [3.05, 3.63) is 59.8 Å². The summed E-state index contributed by atoms with van der Waals surface area (Å²) in [6.45, 7) is 4.28. The van der Waals surface area contributed by atoms with Crippen molar-refractivity contribution in [1.82, 2.24) is 4.98 Å². The van der Waals surface area contributed by atoms with Crippen LogP contribution < -0.4 is 10.2 Å². The van der Waals surface area contributed by atoms with Crippen molar-refractivity contribution in [3.63, 3.8) is 0 Å². The van der Waals surface area contributed by atoms with Gasteiger partial charge in [0.25, 0.3) is 0 Å². The van der Waals surface area contributed by atoms with Crippen LogP contribution in [0.5, 0.6) is 0 Å². The number of benzene rings is 2. The van der Waals surface area contributed by atoms with E-state index in [2.05, 4.69) is 33.4 Å². The number of aromatic nitrogens is 1. The van der Waals surface area contributed by atoms with Crippen LogP contribution in [0.2, 0.25) is 0 Å². The Bertz CT molecular complexity index is 905. The van der Waals surface area contributed by atoms with Gasteiger partial charge in [0, 0.05) is 41.1 Å². The Hall–Kier alpha value is -2.75. The third-order valence-corrected chi connectivity index (χ3v) is 5.24. The van der Waals surface area contributed by atoms with Gasteiger partial charge in [0.2, 0.25) is 5.91 Å². The number of aromatic amines is 1. The van der Waals surface area contributed by atoms with E-state index in [0.29, 0.717) is 6.42 Å². The van der Waals surface area contributed by atoms with Gasteiger partial charge in [-0.05, 0) is 62.1 Å². The second kappa shape index (κ2) is 7.24. The van der Waals surface area contributed by atoms with Crippen molar-refractivity contribution in [1.29, 1.82) is 0 Å². The molecule has 2 aromatic carbocycles. The summed E-state index contributed by atoms with van der Waals surface area (Å²) in [5.74, 6) is 0.0172. The number of piperidine rings is 1. The maximum absolute atomic E-state index is 12.5. The summed E-state index contributed by atoms with van der Waals surface area (Å²) in [5, 5.41) is 4.16. The van der Waals surface area contributed by atoms with E-state index in [1.54, 1.807) is 0 Å². The molecule has 1 aromatic heterocycles. The second-order valence-corrected chi connectivity index (χ2v) is 7.09. The van der Waals surface area contributed by atoms with E-state index in [0.717, 1.165) is 40.9 Å². The summed E-state index contributed by atoms with van der Waals surface area (Å²) in [5.41, 5.74) is 5.31. The number of fused-ring (bicyclic) bond motifs is 1. The normalized spacial score (nSPS) is 14.6. The van der Waals surface area contributed by atoms with Gasteiger partial charge < -0.3 is 15.2 Å². The molecular formula is C22H25N3O. The molecule has 4 nitrogen and oxygen atoms in total. The number of amides is 1. The first-order valence-corrected chi connectivity index (χ1v) is 9.42. The Morgan fingerprint density at radius 2 is 1.77 bits per heavy atom. The summed E-state index contributed by atoms with van der Waals surface area (Å²) >= 11 is 0. The molecule has 1 aliphatic heterocycles. The summed E-state index contributed by atoms with van der Waals surface area (Å²) in [6, 6.07) is 16.4. The van der Waals surface area contributed by atoms with Crippen molar-refractivity contribution in [3.8, 4) is 0 Å². The molecule has 26 heavy (non-hydrogen) atoms. The van der Waals surface area contributed by atoms with Crippen LogP contribution in [0.4, 0.5) is 11.4 Å². The van der Waals surface area contributed by atoms with Crippen LogP contribution >= 0.6 is 0 Å². The number of rotatable bonds is 4. The lowest BCUT2D eigenvalue weighted by Gasteiger charge is -2.28. The number of hydrogen-bond acceptors (Lipinski definition) is 2. The highest BCUT2D eigenvalue weighted by molar-refractivity contribution is 5.96. The molecular weight excluding hydrogens is 322 g/mol. The Labute approximate surface area is 154 Å². The molecule has 2 N–H and O–H groups in total. The molecule has 0 bridgehead atoms. The minimum atomic E-state index is 0.0172. The average molecular weight is 347 g/mol. The third kappa shape index (κ3) is 3.45. The maximum Gasteiger partial charge on any atom is 0.228 e. The fourth-order valence-corrected chi connectivity index (χ4v) is 3.84. The van der Waals surface area contributed by atoms with E-state index in [4.69, 9.17) is 0 Å². The van der Waals surface area contributed by atoms with E-state index >= 15 is 0 Å². The highest BCUT2D eigenvalue weighted by Gasteiger charge is 2.13. The quantitative estimate of drug-likeness (QED) is 0.722. The van der Waals surface area contributed by atoms with Gasteiger partial charge in [-0.2, -0.15) is 0 Å². The van der Waals surface area contributed by atoms with E-state index in [1.165, 1.54) is 24.9 Å². The van der Waals surface area contributed by atoms with Gasteiger partial charge >= 0.3 is 0 Å². The van der Waals surface area contributed by atoms with E-state index in [9.17, 15) is 4.79 Å². The van der Waals surface area contributed by atoms with Gasteiger partial charge in [-0.1, -0.05) is 18.2 Å². The van der Waals surface area contributed by atoms with Gasteiger partial charge in [0.15, 0.2) is 0 Å². The summed E-state index contributed by atoms with van der Waals surface area (Å²) in [7, 11) is 0. The van der Waals surface area contributed by atoms with E-state index in [1.807, 2.05) is 37.3 Å². The van der Waals surface area contributed by atoms with Crippen molar-refractivity contribution >= 4 is 28.2 Å². The van der Waals surface area contributed by atoms with Crippen molar-refractivity contribution in [2.24, 2.45) is 0 Å². The summed E-state index contributed by atoms with van der Waals surface area (Å²) in [6.07, 6.45) is 4.24. The highest BCUT2D eigenvalue weighted by atomic mass is 16.1. The molecule has 0 atom stereocenters. The second-order valence-electron chi connectivity index (χ2n) is 7.09. The molecule has 2 heterocycles. The lowest BCUT2D eigenvalue weighted by atomic mass is 10.1. The van der Waals surface area contributed by atoms with Gasteiger partial charge in [0.05, 0.1) is 6.42 Å². The number of carbonyl (C=O) groups excluding carboxylic acids is 1. The Balaban J connectivity index is 1.43. The summed E-state index contributed by atoms with van der Waals surface area (Å²) in [4.78, 5) is 18.3. The lowest BCUT2D eigenvalue weighted by molar-refractivity contribution is -0.115. The van der Waals surface area contributed by atoms with Crippen LogP contribution in [0, 0.1) is 6.92 Å². The predicted molar refractivity (Wildman–Crippen MR) is 108 cm³/mol.